The predicted molar refractivity (Wildman–Crippen MR) is 79.7 cm³/mol. The van der Waals surface area contributed by atoms with Crippen LogP contribution < -0.4 is 17.0 Å². The third-order valence-electron chi connectivity index (χ3n) is 3.04. The van der Waals surface area contributed by atoms with Gasteiger partial charge >= 0.3 is 0 Å². The topological polar surface area (TPSA) is 87.9 Å². The number of nitrogens with zero attached hydrogens (tertiary/aromatic N) is 1. The molecule has 2 aromatic carbocycles. The Bertz CT molecular complexity index is 636. The molecule has 0 saturated carbocycles. The second-order valence-corrected chi connectivity index (χ2v) is 4.40. The Hall–Kier alpha value is -2.77. The lowest BCUT2D eigenvalue weighted by Gasteiger charge is -2.07. The first-order valence-corrected chi connectivity index (χ1v) is 6.24. The summed E-state index contributed by atoms with van der Waals surface area (Å²) in [6.45, 7) is 0. The molecule has 0 aliphatic heterocycles. The molecule has 0 unspecified atom stereocenters. The molecule has 5 N–H and O–H groups in total. The molecule has 0 fully saturated rings. The minimum Gasteiger partial charge on any atom is -0.396 e. The molecule has 0 aliphatic carbocycles. The Kier molecular flexibility index (Phi) is 4.38. The van der Waals surface area contributed by atoms with E-state index < -0.39 is 0 Å². The smallest absolute Gasteiger partial charge is 0.151 e. The van der Waals surface area contributed by atoms with Crippen molar-refractivity contribution in [3.8, 4) is 6.07 Å². The molecule has 0 spiro atoms. The van der Waals surface area contributed by atoms with E-state index in [0.717, 1.165) is 12.0 Å². The minimum absolute atomic E-state index is 0.167. The molecule has 100 valence electrons. The van der Waals surface area contributed by atoms with Gasteiger partial charge in [-0.3, -0.25) is 0 Å². The van der Waals surface area contributed by atoms with Crippen LogP contribution in [0.1, 0.15) is 16.7 Å². The van der Waals surface area contributed by atoms with Gasteiger partial charge in [0.05, 0.1) is 5.70 Å². The quantitative estimate of drug-likeness (QED) is 0.447. The Morgan fingerprint density at radius 3 is 2.15 bits per heavy atom. The molecule has 2 aromatic rings. The molecule has 0 bridgehead atoms. The average molecular weight is 264 g/mol. The summed E-state index contributed by atoms with van der Waals surface area (Å²) in [6, 6.07) is 19.9. The number of nitrogens with one attached hydrogen (secondary N) is 1. The summed E-state index contributed by atoms with van der Waals surface area (Å²) in [7, 11) is 0. The Labute approximate surface area is 118 Å². The number of hydrogen-bond donors (Lipinski definition) is 3. The van der Waals surface area contributed by atoms with Gasteiger partial charge in [-0.05, 0) is 17.5 Å². The summed E-state index contributed by atoms with van der Waals surface area (Å²) in [4.78, 5) is 0. The first-order chi connectivity index (χ1) is 9.74. The predicted octanol–water partition coefficient (Wildman–Crippen LogP) is 1.89. The molecule has 4 nitrogen and oxygen atoms in total. The molecule has 2 rings (SSSR count). The van der Waals surface area contributed by atoms with Gasteiger partial charge in [0, 0.05) is 5.56 Å². The van der Waals surface area contributed by atoms with Gasteiger partial charge in [-0.1, -0.05) is 54.6 Å². The molecular formula is C16H16N4. The third kappa shape index (κ3) is 3.16. The van der Waals surface area contributed by atoms with E-state index in [1.807, 2.05) is 48.5 Å². The number of nitriles is 1. The van der Waals surface area contributed by atoms with Crippen molar-refractivity contribution in [1.29, 1.82) is 5.26 Å². The molecule has 0 radical (unpaired) electrons. The number of hydrogen-bond acceptors (Lipinski definition) is 4. The first kappa shape index (κ1) is 13.7. The van der Waals surface area contributed by atoms with Gasteiger partial charge in [-0.25, -0.2) is 5.84 Å². The Morgan fingerprint density at radius 1 is 1.00 bits per heavy atom. The van der Waals surface area contributed by atoms with Crippen LogP contribution in [0.15, 0.2) is 60.3 Å². The number of hydrazine groups is 1. The van der Waals surface area contributed by atoms with Gasteiger partial charge in [0.2, 0.25) is 0 Å². The summed E-state index contributed by atoms with van der Waals surface area (Å²) in [5.41, 5.74) is 11.9. The van der Waals surface area contributed by atoms with Crippen LogP contribution in [0.5, 0.6) is 0 Å². The van der Waals surface area contributed by atoms with Crippen LogP contribution in [0.3, 0.4) is 0 Å². The van der Waals surface area contributed by atoms with E-state index >= 15 is 0 Å². The lowest BCUT2D eigenvalue weighted by molar-refractivity contribution is 0.920. The zero-order valence-corrected chi connectivity index (χ0v) is 11.0. The molecule has 4 heteroatoms. The van der Waals surface area contributed by atoms with Gasteiger partial charge in [0.25, 0.3) is 0 Å². The highest BCUT2D eigenvalue weighted by atomic mass is 15.2. The van der Waals surface area contributed by atoms with Gasteiger partial charge < -0.3 is 11.2 Å². The van der Waals surface area contributed by atoms with Crippen LogP contribution in [0.4, 0.5) is 0 Å². The van der Waals surface area contributed by atoms with Gasteiger partial charge in [0.1, 0.15) is 6.07 Å². The molecule has 20 heavy (non-hydrogen) atoms. The monoisotopic (exact) mass is 264 g/mol. The van der Waals surface area contributed by atoms with E-state index in [4.69, 9.17) is 16.8 Å². The van der Waals surface area contributed by atoms with Crippen molar-refractivity contribution >= 4 is 5.70 Å². The lowest BCUT2D eigenvalue weighted by Crippen LogP contribution is -2.23. The molecule has 0 atom stereocenters. The van der Waals surface area contributed by atoms with E-state index in [1.165, 1.54) is 11.1 Å². The van der Waals surface area contributed by atoms with E-state index in [0.29, 0.717) is 5.70 Å². The maximum atomic E-state index is 8.88. The zero-order chi connectivity index (χ0) is 14.4. The van der Waals surface area contributed by atoms with Gasteiger partial charge in [-0.15, -0.1) is 0 Å². The number of nitrogens with two attached hydrogens (primary N) is 2. The van der Waals surface area contributed by atoms with Crippen molar-refractivity contribution < 1.29 is 0 Å². The van der Waals surface area contributed by atoms with Crippen LogP contribution in [0, 0.1) is 11.3 Å². The summed E-state index contributed by atoms with van der Waals surface area (Å²) in [5.74, 6) is 5.24. The normalized spacial score (nSPS) is 11.4. The molecule has 0 saturated heterocycles. The van der Waals surface area contributed by atoms with E-state index in [-0.39, 0.29) is 5.70 Å². The third-order valence-corrected chi connectivity index (χ3v) is 3.04. The average Bonchev–Trinajstić information content (AvgIpc) is 2.50. The van der Waals surface area contributed by atoms with Gasteiger partial charge in [0.15, 0.2) is 5.70 Å². The summed E-state index contributed by atoms with van der Waals surface area (Å²) in [5, 5.41) is 8.88. The van der Waals surface area contributed by atoms with E-state index in [1.54, 1.807) is 0 Å². The van der Waals surface area contributed by atoms with Crippen LogP contribution in [0.25, 0.3) is 5.70 Å². The van der Waals surface area contributed by atoms with E-state index in [2.05, 4.69) is 17.6 Å². The van der Waals surface area contributed by atoms with Crippen molar-refractivity contribution in [2.24, 2.45) is 11.6 Å². The number of allylic oxidation sites excluding steroid dienone is 1. The van der Waals surface area contributed by atoms with Crippen molar-refractivity contribution in [1.82, 2.24) is 5.43 Å². The molecule has 0 amide bonds. The van der Waals surface area contributed by atoms with E-state index in [9.17, 15) is 0 Å². The molecule has 0 aromatic heterocycles. The SMILES string of the molecule is N#C/C(NN)=C(/N)c1ccc(Cc2ccccc2)cc1. The zero-order valence-electron chi connectivity index (χ0n) is 11.0. The Morgan fingerprint density at radius 2 is 1.60 bits per heavy atom. The molecule has 0 aliphatic rings. The standard InChI is InChI=1S/C16H16N4/c17-11-15(20-19)16(18)14-8-6-13(7-9-14)10-12-4-2-1-3-5-12/h1-9,20H,10,18-19H2/b16-15-. The maximum absolute atomic E-state index is 8.88. The van der Waals surface area contributed by atoms with Crippen molar-refractivity contribution in [2.75, 3.05) is 0 Å². The van der Waals surface area contributed by atoms with Crippen LogP contribution in [0.2, 0.25) is 0 Å². The van der Waals surface area contributed by atoms with Crippen LogP contribution in [-0.2, 0) is 6.42 Å². The minimum atomic E-state index is 0.167. The highest BCUT2D eigenvalue weighted by molar-refractivity contribution is 5.68. The van der Waals surface area contributed by atoms with Gasteiger partial charge in [-0.2, -0.15) is 5.26 Å². The second kappa shape index (κ2) is 6.41. The maximum Gasteiger partial charge on any atom is 0.151 e. The highest BCUT2D eigenvalue weighted by Gasteiger charge is 2.04. The van der Waals surface area contributed by atoms with Crippen molar-refractivity contribution in [3.63, 3.8) is 0 Å². The Balaban J connectivity index is 2.19. The van der Waals surface area contributed by atoms with Crippen LogP contribution in [-0.4, -0.2) is 0 Å². The summed E-state index contributed by atoms with van der Waals surface area (Å²) >= 11 is 0. The lowest BCUT2D eigenvalue weighted by atomic mass is 10.0. The van der Waals surface area contributed by atoms with Crippen LogP contribution >= 0.6 is 0 Å². The second-order valence-electron chi connectivity index (χ2n) is 4.40. The largest absolute Gasteiger partial charge is 0.396 e. The highest BCUT2D eigenvalue weighted by Crippen LogP contribution is 2.15. The van der Waals surface area contributed by atoms with Crippen molar-refractivity contribution in [2.45, 2.75) is 6.42 Å². The number of rotatable bonds is 4. The molecular weight excluding hydrogens is 248 g/mol. The summed E-state index contributed by atoms with van der Waals surface area (Å²) in [6.07, 6.45) is 0.866. The fraction of sp³-hybridized carbons (Fsp3) is 0.0625. The number of benzene rings is 2. The molecule has 0 heterocycles. The fourth-order valence-corrected chi connectivity index (χ4v) is 1.95. The first-order valence-electron chi connectivity index (χ1n) is 6.24. The fourth-order valence-electron chi connectivity index (χ4n) is 1.95. The van der Waals surface area contributed by atoms with Crippen molar-refractivity contribution in [3.05, 3.63) is 77.0 Å². The summed E-state index contributed by atoms with van der Waals surface area (Å²) < 4.78 is 0.